The first-order valence-corrected chi connectivity index (χ1v) is 13.4. The second-order valence-electron chi connectivity index (χ2n) is 11.1. The number of aryl methyl sites for hydroxylation is 1. The van der Waals surface area contributed by atoms with Crippen molar-refractivity contribution in [2.75, 3.05) is 5.75 Å². The summed E-state index contributed by atoms with van der Waals surface area (Å²) in [5.74, 6) is -0.105. The van der Waals surface area contributed by atoms with Crippen molar-refractivity contribution in [2.45, 2.75) is 103 Å². The Hall–Kier alpha value is -2.22. The van der Waals surface area contributed by atoms with Gasteiger partial charge >= 0.3 is 6.09 Å². The van der Waals surface area contributed by atoms with Crippen molar-refractivity contribution in [3.8, 4) is 0 Å². The number of alkyl carbamates (subject to hydrolysis) is 1. The zero-order valence-electron chi connectivity index (χ0n) is 21.7. The third-order valence-corrected chi connectivity index (χ3v) is 7.05. The van der Waals surface area contributed by atoms with Crippen LogP contribution in [-0.2, 0) is 14.3 Å². The summed E-state index contributed by atoms with van der Waals surface area (Å²) < 4.78 is 5.37. The molecule has 0 heterocycles. The highest BCUT2D eigenvalue weighted by Crippen LogP contribution is 2.41. The lowest BCUT2D eigenvalue weighted by Crippen LogP contribution is -2.55. The van der Waals surface area contributed by atoms with Crippen LogP contribution in [-0.4, -0.2) is 52.3 Å². The molecule has 4 atom stereocenters. The SMILES string of the molecule is Cc1cccc(C(C(=O)NC2CCCCC2)N(C(=O)C(CS)NC(=O)OC(C)(C)C)C2CC2C)c1. The maximum Gasteiger partial charge on any atom is 0.408 e. The van der Waals surface area contributed by atoms with Gasteiger partial charge in [0, 0.05) is 17.8 Å². The van der Waals surface area contributed by atoms with Crippen LogP contribution in [0.25, 0.3) is 0 Å². The molecule has 2 N–H and O–H groups in total. The highest BCUT2D eigenvalue weighted by molar-refractivity contribution is 7.80. The predicted octanol–water partition coefficient (Wildman–Crippen LogP) is 4.55. The Morgan fingerprint density at radius 3 is 2.37 bits per heavy atom. The van der Waals surface area contributed by atoms with Crippen molar-refractivity contribution in [3.63, 3.8) is 0 Å². The molecule has 2 aliphatic carbocycles. The van der Waals surface area contributed by atoms with E-state index in [9.17, 15) is 14.4 Å². The van der Waals surface area contributed by atoms with Crippen LogP contribution in [0.1, 0.15) is 83.4 Å². The van der Waals surface area contributed by atoms with E-state index in [1.165, 1.54) is 6.42 Å². The van der Waals surface area contributed by atoms with Crippen LogP contribution >= 0.6 is 12.6 Å². The van der Waals surface area contributed by atoms with Crippen LogP contribution in [0.5, 0.6) is 0 Å². The Morgan fingerprint density at radius 1 is 1.17 bits per heavy atom. The molecule has 0 spiro atoms. The molecule has 3 rings (SSSR count). The fraction of sp³-hybridized carbons (Fsp3) is 0.667. The van der Waals surface area contributed by atoms with Crippen molar-refractivity contribution in [1.29, 1.82) is 0 Å². The zero-order valence-corrected chi connectivity index (χ0v) is 22.6. The quantitative estimate of drug-likeness (QED) is 0.455. The normalized spacial score (nSPS) is 22.0. The molecular weight excluding hydrogens is 462 g/mol. The Balaban J connectivity index is 1.91. The maximum absolute atomic E-state index is 13.9. The molecule has 0 aromatic heterocycles. The van der Waals surface area contributed by atoms with Gasteiger partial charge in [0.15, 0.2) is 0 Å². The monoisotopic (exact) mass is 503 g/mol. The van der Waals surface area contributed by atoms with E-state index in [2.05, 4.69) is 30.2 Å². The van der Waals surface area contributed by atoms with Crippen molar-refractivity contribution < 1.29 is 19.1 Å². The molecule has 7 nitrogen and oxygen atoms in total. The van der Waals surface area contributed by atoms with Gasteiger partial charge in [-0.15, -0.1) is 0 Å². The number of rotatable bonds is 8. The minimum atomic E-state index is -0.907. The Labute approximate surface area is 215 Å². The zero-order chi connectivity index (χ0) is 25.8. The van der Waals surface area contributed by atoms with E-state index in [4.69, 9.17) is 4.74 Å². The van der Waals surface area contributed by atoms with Crippen LogP contribution in [0.4, 0.5) is 4.79 Å². The summed E-state index contributed by atoms with van der Waals surface area (Å²) in [5, 5.41) is 5.91. The van der Waals surface area contributed by atoms with E-state index in [0.29, 0.717) is 0 Å². The molecule has 2 fully saturated rings. The van der Waals surface area contributed by atoms with Gasteiger partial charge in [-0.3, -0.25) is 9.59 Å². The van der Waals surface area contributed by atoms with Crippen LogP contribution in [0, 0.1) is 12.8 Å². The first-order valence-electron chi connectivity index (χ1n) is 12.8. The molecule has 0 saturated heterocycles. The van der Waals surface area contributed by atoms with E-state index in [1.807, 2.05) is 31.2 Å². The third-order valence-electron chi connectivity index (χ3n) is 6.69. The predicted molar refractivity (Wildman–Crippen MR) is 140 cm³/mol. The molecule has 2 saturated carbocycles. The molecule has 35 heavy (non-hydrogen) atoms. The van der Waals surface area contributed by atoms with E-state index < -0.39 is 23.8 Å². The summed E-state index contributed by atoms with van der Waals surface area (Å²) in [6, 6.07) is 6.13. The van der Waals surface area contributed by atoms with Gasteiger partial charge in [0.1, 0.15) is 17.7 Å². The number of carbonyl (C=O) groups is 3. The van der Waals surface area contributed by atoms with E-state index in [0.717, 1.165) is 43.2 Å². The number of hydrogen-bond acceptors (Lipinski definition) is 5. The summed E-state index contributed by atoms with van der Waals surface area (Å²) in [7, 11) is 0. The van der Waals surface area contributed by atoms with E-state index in [-0.39, 0.29) is 35.6 Å². The molecule has 0 aliphatic heterocycles. The third kappa shape index (κ3) is 7.63. The van der Waals surface area contributed by atoms with Gasteiger partial charge in [-0.25, -0.2) is 4.79 Å². The second-order valence-corrected chi connectivity index (χ2v) is 11.4. The molecule has 2 aliphatic rings. The largest absolute Gasteiger partial charge is 0.444 e. The number of ether oxygens (including phenoxy) is 1. The molecule has 0 radical (unpaired) electrons. The number of thiol groups is 1. The molecule has 8 heteroatoms. The van der Waals surface area contributed by atoms with Crippen molar-refractivity contribution in [2.24, 2.45) is 5.92 Å². The van der Waals surface area contributed by atoms with Crippen LogP contribution in [0.2, 0.25) is 0 Å². The number of benzene rings is 1. The molecular formula is C27H41N3O4S. The minimum absolute atomic E-state index is 0.0760. The fourth-order valence-electron chi connectivity index (χ4n) is 4.79. The van der Waals surface area contributed by atoms with Gasteiger partial charge in [-0.2, -0.15) is 12.6 Å². The van der Waals surface area contributed by atoms with Gasteiger partial charge < -0.3 is 20.3 Å². The van der Waals surface area contributed by atoms with Crippen LogP contribution in [0.3, 0.4) is 0 Å². The molecule has 1 aromatic rings. The number of nitrogens with zero attached hydrogens (tertiary/aromatic N) is 1. The summed E-state index contributed by atoms with van der Waals surface area (Å²) in [5.41, 5.74) is 1.11. The average Bonchev–Trinajstić information content (AvgIpc) is 3.50. The van der Waals surface area contributed by atoms with Crippen LogP contribution in [0.15, 0.2) is 24.3 Å². The molecule has 1 aromatic carbocycles. The average molecular weight is 504 g/mol. The van der Waals surface area contributed by atoms with Gasteiger partial charge in [-0.05, 0) is 58.4 Å². The Morgan fingerprint density at radius 2 is 1.83 bits per heavy atom. The molecule has 194 valence electrons. The summed E-state index contributed by atoms with van der Waals surface area (Å²) in [6.07, 6.45) is 5.45. The topological polar surface area (TPSA) is 87.7 Å². The lowest BCUT2D eigenvalue weighted by molar-refractivity contribution is -0.143. The number of nitrogens with one attached hydrogen (secondary N) is 2. The number of carbonyl (C=O) groups excluding carboxylic acids is 3. The Bertz CT molecular complexity index is 910. The second kappa shape index (κ2) is 11.7. The summed E-state index contributed by atoms with van der Waals surface area (Å²) in [4.78, 5) is 41.9. The van der Waals surface area contributed by atoms with Gasteiger partial charge in [0.25, 0.3) is 0 Å². The highest BCUT2D eigenvalue weighted by Gasteiger charge is 2.48. The van der Waals surface area contributed by atoms with E-state index >= 15 is 0 Å². The first kappa shape index (κ1) is 27.4. The van der Waals surface area contributed by atoms with Gasteiger partial charge in [-0.1, -0.05) is 56.0 Å². The molecule has 4 unspecified atom stereocenters. The highest BCUT2D eigenvalue weighted by atomic mass is 32.1. The first-order chi connectivity index (χ1) is 16.5. The van der Waals surface area contributed by atoms with Crippen molar-refractivity contribution in [1.82, 2.24) is 15.5 Å². The standard InChI is InChI=1S/C27H41N3O4S/c1-17-10-9-11-19(14-17)23(24(31)28-20-12-7-6-8-13-20)30(22-15-18(22)2)25(32)21(16-35)29-26(33)34-27(3,4)5/h9-11,14,18,20-23,35H,6-8,12-13,15-16H2,1-5H3,(H,28,31)(H,29,33). The van der Waals surface area contributed by atoms with E-state index in [1.54, 1.807) is 25.7 Å². The molecule has 0 bridgehead atoms. The minimum Gasteiger partial charge on any atom is -0.444 e. The lowest BCUT2D eigenvalue weighted by atomic mass is 9.94. The van der Waals surface area contributed by atoms with Crippen molar-refractivity contribution >= 4 is 30.5 Å². The maximum atomic E-state index is 13.9. The number of hydrogen-bond donors (Lipinski definition) is 3. The summed E-state index contributed by atoms with van der Waals surface area (Å²) >= 11 is 4.36. The van der Waals surface area contributed by atoms with Crippen molar-refractivity contribution in [3.05, 3.63) is 35.4 Å². The van der Waals surface area contributed by atoms with Gasteiger partial charge in [0.2, 0.25) is 11.8 Å². The van der Waals surface area contributed by atoms with Crippen LogP contribution < -0.4 is 10.6 Å². The smallest absolute Gasteiger partial charge is 0.408 e. The molecule has 3 amide bonds. The lowest BCUT2D eigenvalue weighted by Gasteiger charge is -2.36. The fourth-order valence-corrected chi connectivity index (χ4v) is 5.04. The Kier molecular flexibility index (Phi) is 9.13. The summed E-state index contributed by atoms with van der Waals surface area (Å²) in [6.45, 7) is 9.36. The number of amides is 3. The van der Waals surface area contributed by atoms with Gasteiger partial charge in [0.05, 0.1) is 0 Å².